The molecular formula is C22H23F4N3O4. The SMILES string of the molecule is O=C(O)C(F)(F)F.O=C(c1ccc(F)cc1)N1CCC2(CC1)CN(c1ccccn1)CCO2. The van der Waals surface area contributed by atoms with Crippen molar-refractivity contribution in [3.63, 3.8) is 0 Å². The van der Waals surface area contributed by atoms with E-state index in [0.29, 0.717) is 25.3 Å². The number of morpholine rings is 1. The number of anilines is 1. The number of aromatic nitrogens is 1. The Hall–Kier alpha value is -3.21. The average molecular weight is 469 g/mol. The molecule has 2 saturated heterocycles. The van der Waals surface area contributed by atoms with E-state index in [1.54, 1.807) is 18.3 Å². The van der Waals surface area contributed by atoms with Gasteiger partial charge in [0.25, 0.3) is 5.91 Å². The molecule has 7 nitrogen and oxygen atoms in total. The molecule has 33 heavy (non-hydrogen) atoms. The summed E-state index contributed by atoms with van der Waals surface area (Å²) in [6.07, 6.45) is -1.69. The number of benzene rings is 1. The normalized spacial score (nSPS) is 17.8. The van der Waals surface area contributed by atoms with Crippen LogP contribution < -0.4 is 4.90 Å². The van der Waals surface area contributed by atoms with Gasteiger partial charge in [-0.3, -0.25) is 4.79 Å². The number of alkyl halides is 3. The number of pyridine rings is 1. The van der Waals surface area contributed by atoms with Crippen LogP contribution in [0.3, 0.4) is 0 Å². The molecule has 2 aromatic rings. The largest absolute Gasteiger partial charge is 0.490 e. The van der Waals surface area contributed by atoms with Crippen molar-refractivity contribution in [3.05, 3.63) is 60.0 Å². The maximum Gasteiger partial charge on any atom is 0.490 e. The minimum absolute atomic E-state index is 0.0442. The Kier molecular flexibility index (Phi) is 7.52. The standard InChI is InChI=1S/C20H22FN3O2.C2HF3O2/c21-17-6-4-16(5-7-17)19(25)23-11-8-20(9-12-23)15-24(13-14-26-20)18-3-1-2-10-22-18;3-2(4,5)1(6)7/h1-7,10H,8-9,11-15H2;(H,6,7). The highest BCUT2D eigenvalue weighted by molar-refractivity contribution is 5.94. The van der Waals surface area contributed by atoms with Gasteiger partial charge in [-0.2, -0.15) is 13.2 Å². The number of piperidine rings is 1. The van der Waals surface area contributed by atoms with Gasteiger partial charge in [0.2, 0.25) is 0 Å². The highest BCUT2D eigenvalue weighted by atomic mass is 19.4. The van der Waals surface area contributed by atoms with Gasteiger partial charge in [0.15, 0.2) is 0 Å². The fourth-order valence-corrected chi connectivity index (χ4v) is 3.78. The molecule has 1 amide bonds. The zero-order valence-electron chi connectivity index (χ0n) is 17.6. The fourth-order valence-electron chi connectivity index (χ4n) is 3.78. The number of halogens is 4. The van der Waals surface area contributed by atoms with Crippen molar-refractivity contribution in [3.8, 4) is 0 Å². The molecule has 4 rings (SSSR count). The molecule has 1 N–H and O–H groups in total. The number of hydrogen-bond acceptors (Lipinski definition) is 5. The van der Waals surface area contributed by atoms with Gasteiger partial charge < -0.3 is 19.6 Å². The van der Waals surface area contributed by atoms with Crippen LogP contribution in [-0.4, -0.2) is 71.4 Å². The summed E-state index contributed by atoms with van der Waals surface area (Å²) >= 11 is 0. The average Bonchev–Trinajstić information content (AvgIpc) is 2.80. The number of likely N-dealkylation sites (tertiary alicyclic amines) is 1. The van der Waals surface area contributed by atoms with E-state index in [-0.39, 0.29) is 17.3 Å². The molecule has 0 atom stereocenters. The molecule has 1 aromatic heterocycles. The van der Waals surface area contributed by atoms with Gasteiger partial charge in [0.05, 0.1) is 12.2 Å². The molecule has 1 spiro atoms. The van der Waals surface area contributed by atoms with Crippen molar-refractivity contribution in [1.29, 1.82) is 0 Å². The first-order valence-corrected chi connectivity index (χ1v) is 10.2. The Morgan fingerprint density at radius 3 is 2.21 bits per heavy atom. The van der Waals surface area contributed by atoms with Crippen molar-refractivity contribution in [2.24, 2.45) is 0 Å². The predicted molar refractivity (Wildman–Crippen MR) is 110 cm³/mol. The van der Waals surface area contributed by atoms with E-state index in [1.165, 1.54) is 12.1 Å². The molecule has 0 saturated carbocycles. The third-order valence-electron chi connectivity index (χ3n) is 5.52. The Bertz CT molecular complexity index is 946. The topological polar surface area (TPSA) is 83.0 Å². The smallest absolute Gasteiger partial charge is 0.475 e. The molecule has 0 aliphatic carbocycles. The summed E-state index contributed by atoms with van der Waals surface area (Å²) in [7, 11) is 0. The minimum Gasteiger partial charge on any atom is -0.475 e. The van der Waals surface area contributed by atoms with E-state index in [1.807, 2.05) is 23.1 Å². The molecule has 2 fully saturated rings. The number of amides is 1. The van der Waals surface area contributed by atoms with Crippen LogP contribution in [0.15, 0.2) is 48.7 Å². The molecule has 2 aliphatic heterocycles. The maximum absolute atomic E-state index is 13.1. The quantitative estimate of drug-likeness (QED) is 0.680. The van der Waals surface area contributed by atoms with Crippen molar-refractivity contribution in [2.75, 3.05) is 37.7 Å². The van der Waals surface area contributed by atoms with Gasteiger partial charge in [-0.25, -0.2) is 14.2 Å². The fraction of sp³-hybridized carbons (Fsp3) is 0.409. The Balaban J connectivity index is 0.000000383. The van der Waals surface area contributed by atoms with Crippen LogP contribution >= 0.6 is 0 Å². The van der Waals surface area contributed by atoms with Crippen molar-refractivity contribution < 1.29 is 37.0 Å². The Labute approximate surface area is 187 Å². The minimum atomic E-state index is -5.08. The lowest BCUT2D eigenvalue weighted by Gasteiger charge is -2.47. The van der Waals surface area contributed by atoms with Crippen LogP contribution in [0, 0.1) is 5.82 Å². The van der Waals surface area contributed by atoms with E-state index in [0.717, 1.165) is 31.7 Å². The van der Waals surface area contributed by atoms with E-state index in [4.69, 9.17) is 14.6 Å². The van der Waals surface area contributed by atoms with E-state index in [2.05, 4.69) is 9.88 Å². The molecule has 0 unspecified atom stereocenters. The maximum atomic E-state index is 13.1. The summed E-state index contributed by atoms with van der Waals surface area (Å²) in [6.45, 7) is 3.58. The number of carbonyl (C=O) groups excluding carboxylic acids is 1. The van der Waals surface area contributed by atoms with Gasteiger partial charge >= 0.3 is 12.1 Å². The van der Waals surface area contributed by atoms with Gasteiger partial charge in [-0.05, 0) is 49.2 Å². The summed E-state index contributed by atoms with van der Waals surface area (Å²) in [6, 6.07) is 11.7. The van der Waals surface area contributed by atoms with E-state index < -0.39 is 12.1 Å². The zero-order valence-corrected chi connectivity index (χ0v) is 17.6. The van der Waals surface area contributed by atoms with Crippen LogP contribution in [-0.2, 0) is 9.53 Å². The second-order valence-electron chi connectivity index (χ2n) is 7.74. The monoisotopic (exact) mass is 469 g/mol. The van der Waals surface area contributed by atoms with Crippen molar-refractivity contribution in [2.45, 2.75) is 24.6 Å². The third-order valence-corrected chi connectivity index (χ3v) is 5.52. The first kappa shape index (κ1) is 24.4. The number of ether oxygens (including phenoxy) is 1. The van der Waals surface area contributed by atoms with E-state index >= 15 is 0 Å². The van der Waals surface area contributed by atoms with Crippen LogP contribution in [0.1, 0.15) is 23.2 Å². The number of rotatable bonds is 2. The molecule has 0 bridgehead atoms. The van der Waals surface area contributed by atoms with Gasteiger partial charge in [-0.1, -0.05) is 6.07 Å². The van der Waals surface area contributed by atoms with E-state index in [9.17, 15) is 22.4 Å². The number of carboxylic acids is 1. The predicted octanol–water partition coefficient (Wildman–Crippen LogP) is 3.37. The summed E-state index contributed by atoms with van der Waals surface area (Å²) in [5.74, 6) is -2.16. The van der Waals surface area contributed by atoms with Gasteiger partial charge in [0, 0.05) is 37.9 Å². The number of nitrogens with zero attached hydrogens (tertiary/aromatic N) is 3. The number of carbonyl (C=O) groups is 2. The second-order valence-corrected chi connectivity index (χ2v) is 7.74. The van der Waals surface area contributed by atoms with Crippen molar-refractivity contribution >= 4 is 17.7 Å². The highest BCUT2D eigenvalue weighted by Crippen LogP contribution is 2.32. The molecule has 178 valence electrons. The Morgan fingerprint density at radius 2 is 1.67 bits per heavy atom. The molecular weight excluding hydrogens is 446 g/mol. The summed E-state index contributed by atoms with van der Waals surface area (Å²) < 4.78 is 50.9. The summed E-state index contributed by atoms with van der Waals surface area (Å²) in [5.41, 5.74) is 0.303. The lowest BCUT2D eigenvalue weighted by atomic mass is 9.89. The lowest BCUT2D eigenvalue weighted by molar-refractivity contribution is -0.192. The van der Waals surface area contributed by atoms with Crippen LogP contribution in [0.4, 0.5) is 23.4 Å². The third kappa shape index (κ3) is 6.41. The Morgan fingerprint density at radius 1 is 1.03 bits per heavy atom. The number of carboxylic acid groups (broad SMARTS) is 1. The van der Waals surface area contributed by atoms with Gasteiger partial charge in [-0.15, -0.1) is 0 Å². The first-order chi connectivity index (χ1) is 15.6. The summed E-state index contributed by atoms with van der Waals surface area (Å²) in [4.78, 5) is 30.1. The van der Waals surface area contributed by atoms with Crippen LogP contribution in [0.2, 0.25) is 0 Å². The summed E-state index contributed by atoms with van der Waals surface area (Å²) in [5, 5.41) is 7.12. The zero-order chi connectivity index (χ0) is 24.1. The van der Waals surface area contributed by atoms with Gasteiger partial charge in [0.1, 0.15) is 11.6 Å². The number of hydrogen-bond donors (Lipinski definition) is 1. The first-order valence-electron chi connectivity index (χ1n) is 10.2. The number of aliphatic carboxylic acids is 1. The second kappa shape index (κ2) is 10.2. The molecule has 1 aromatic carbocycles. The molecule has 11 heteroatoms. The van der Waals surface area contributed by atoms with Crippen LogP contribution in [0.5, 0.6) is 0 Å². The highest BCUT2D eigenvalue weighted by Gasteiger charge is 2.41. The van der Waals surface area contributed by atoms with Crippen molar-refractivity contribution in [1.82, 2.24) is 9.88 Å². The lowest BCUT2D eigenvalue weighted by Crippen LogP contribution is -2.57. The molecule has 3 heterocycles. The molecule has 2 aliphatic rings. The van der Waals surface area contributed by atoms with Crippen LogP contribution in [0.25, 0.3) is 0 Å². The molecule has 0 radical (unpaired) electrons.